The summed E-state index contributed by atoms with van der Waals surface area (Å²) in [6, 6.07) is 3.90. The number of ketones is 1. The average molecular weight is 257 g/mol. The molecule has 2 nitrogen and oxygen atoms in total. The van der Waals surface area contributed by atoms with Gasteiger partial charge in [0.15, 0.2) is 5.78 Å². The molecular weight excluding hydrogens is 243 g/mol. The van der Waals surface area contributed by atoms with E-state index in [4.69, 9.17) is 16.3 Å². The molecule has 1 fully saturated rings. The molecule has 4 heteroatoms. The number of carbonyl (C=O) groups is 1. The minimum absolute atomic E-state index is 0.0121. The number of benzene rings is 1. The van der Waals surface area contributed by atoms with Crippen molar-refractivity contribution in [2.75, 3.05) is 13.2 Å². The van der Waals surface area contributed by atoms with E-state index in [1.807, 2.05) is 0 Å². The molecule has 2 rings (SSSR count). The Morgan fingerprint density at radius 2 is 2.12 bits per heavy atom. The zero-order valence-corrected chi connectivity index (χ0v) is 10.2. The van der Waals surface area contributed by atoms with Crippen molar-refractivity contribution in [3.05, 3.63) is 34.6 Å². The SMILES string of the molecule is O=C(CC1CCOCC1)c1ccc(F)cc1Cl. The minimum Gasteiger partial charge on any atom is -0.381 e. The molecule has 0 amide bonds. The maximum absolute atomic E-state index is 12.9. The Balaban J connectivity index is 2.03. The first-order valence-electron chi connectivity index (χ1n) is 5.73. The molecule has 0 unspecified atom stereocenters. The zero-order chi connectivity index (χ0) is 12.3. The molecule has 1 aliphatic heterocycles. The van der Waals surface area contributed by atoms with Crippen molar-refractivity contribution < 1.29 is 13.9 Å². The van der Waals surface area contributed by atoms with E-state index in [-0.39, 0.29) is 10.8 Å². The molecule has 92 valence electrons. The molecule has 1 aromatic carbocycles. The Bertz CT molecular complexity index is 414. The number of rotatable bonds is 3. The van der Waals surface area contributed by atoms with Crippen LogP contribution >= 0.6 is 11.6 Å². The van der Waals surface area contributed by atoms with Crippen LogP contribution in [0, 0.1) is 11.7 Å². The second-order valence-corrected chi connectivity index (χ2v) is 4.71. The number of hydrogen-bond acceptors (Lipinski definition) is 2. The maximum atomic E-state index is 12.9. The smallest absolute Gasteiger partial charge is 0.164 e. The number of halogens is 2. The lowest BCUT2D eigenvalue weighted by molar-refractivity contribution is 0.0601. The Kier molecular flexibility index (Phi) is 4.13. The van der Waals surface area contributed by atoms with E-state index in [0.717, 1.165) is 26.1 Å². The van der Waals surface area contributed by atoms with Crippen molar-refractivity contribution in [2.24, 2.45) is 5.92 Å². The Hall–Kier alpha value is -0.930. The number of ether oxygens (including phenoxy) is 1. The highest BCUT2D eigenvalue weighted by molar-refractivity contribution is 6.33. The fraction of sp³-hybridized carbons (Fsp3) is 0.462. The molecular formula is C13H14ClFO2. The van der Waals surface area contributed by atoms with Gasteiger partial charge < -0.3 is 4.74 Å². The monoisotopic (exact) mass is 256 g/mol. The van der Waals surface area contributed by atoms with Crippen molar-refractivity contribution in [1.29, 1.82) is 0 Å². The van der Waals surface area contributed by atoms with Gasteiger partial charge >= 0.3 is 0 Å². The van der Waals surface area contributed by atoms with E-state index in [1.165, 1.54) is 18.2 Å². The van der Waals surface area contributed by atoms with Crippen LogP contribution < -0.4 is 0 Å². The molecule has 0 atom stereocenters. The fourth-order valence-electron chi connectivity index (χ4n) is 2.04. The summed E-state index contributed by atoms with van der Waals surface area (Å²) in [5.74, 6) is -0.0723. The van der Waals surface area contributed by atoms with Gasteiger partial charge in [0.2, 0.25) is 0 Å². The van der Waals surface area contributed by atoms with Gasteiger partial charge in [-0.15, -0.1) is 0 Å². The lowest BCUT2D eigenvalue weighted by atomic mass is 9.92. The number of hydrogen-bond donors (Lipinski definition) is 0. The van der Waals surface area contributed by atoms with Crippen LogP contribution in [-0.4, -0.2) is 19.0 Å². The van der Waals surface area contributed by atoms with Gasteiger partial charge in [-0.3, -0.25) is 4.79 Å². The third kappa shape index (κ3) is 3.27. The molecule has 0 bridgehead atoms. The first-order chi connectivity index (χ1) is 8.16. The van der Waals surface area contributed by atoms with Crippen molar-refractivity contribution >= 4 is 17.4 Å². The van der Waals surface area contributed by atoms with E-state index < -0.39 is 5.82 Å². The summed E-state index contributed by atoms with van der Waals surface area (Å²) in [7, 11) is 0. The summed E-state index contributed by atoms with van der Waals surface area (Å²) in [4.78, 5) is 12.0. The van der Waals surface area contributed by atoms with Crippen LogP contribution in [0.3, 0.4) is 0 Å². The van der Waals surface area contributed by atoms with Gasteiger partial charge in [-0.05, 0) is 37.0 Å². The first-order valence-corrected chi connectivity index (χ1v) is 6.10. The molecule has 0 aliphatic carbocycles. The average Bonchev–Trinajstić information content (AvgIpc) is 2.30. The largest absolute Gasteiger partial charge is 0.381 e. The summed E-state index contributed by atoms with van der Waals surface area (Å²) < 4.78 is 18.1. The lowest BCUT2D eigenvalue weighted by Gasteiger charge is -2.21. The van der Waals surface area contributed by atoms with E-state index in [9.17, 15) is 9.18 Å². The van der Waals surface area contributed by atoms with Crippen molar-refractivity contribution in [1.82, 2.24) is 0 Å². The second kappa shape index (κ2) is 5.61. The molecule has 0 saturated carbocycles. The molecule has 0 radical (unpaired) electrons. The summed E-state index contributed by atoms with van der Waals surface area (Å²) in [5.41, 5.74) is 0.416. The molecule has 0 N–H and O–H groups in total. The normalized spacial score (nSPS) is 17.1. The van der Waals surface area contributed by atoms with Crippen molar-refractivity contribution in [3.8, 4) is 0 Å². The standard InChI is InChI=1S/C13H14ClFO2/c14-12-8-10(15)1-2-11(12)13(16)7-9-3-5-17-6-4-9/h1-2,8-9H,3-7H2. The highest BCUT2D eigenvalue weighted by Gasteiger charge is 2.19. The summed E-state index contributed by atoms with van der Waals surface area (Å²) in [5, 5.41) is 0.196. The molecule has 1 aliphatic rings. The second-order valence-electron chi connectivity index (χ2n) is 4.31. The quantitative estimate of drug-likeness (QED) is 0.774. The van der Waals surface area contributed by atoms with Crippen LogP contribution in [0.1, 0.15) is 29.6 Å². The van der Waals surface area contributed by atoms with Gasteiger partial charge in [-0.25, -0.2) is 4.39 Å². The Morgan fingerprint density at radius 1 is 1.41 bits per heavy atom. The number of carbonyl (C=O) groups excluding carboxylic acids is 1. The van der Waals surface area contributed by atoms with Gasteiger partial charge in [0, 0.05) is 25.2 Å². The summed E-state index contributed by atoms with van der Waals surface area (Å²) in [6.07, 6.45) is 2.28. The van der Waals surface area contributed by atoms with Gasteiger partial charge in [0.05, 0.1) is 5.02 Å². The van der Waals surface area contributed by atoms with Crippen LogP contribution in [0.25, 0.3) is 0 Å². The van der Waals surface area contributed by atoms with Crippen LogP contribution in [0.15, 0.2) is 18.2 Å². The first kappa shape index (κ1) is 12.5. The van der Waals surface area contributed by atoms with Gasteiger partial charge in [0.1, 0.15) is 5.82 Å². The van der Waals surface area contributed by atoms with Crippen molar-refractivity contribution in [2.45, 2.75) is 19.3 Å². The molecule has 1 heterocycles. The third-order valence-corrected chi connectivity index (χ3v) is 3.36. The van der Waals surface area contributed by atoms with Gasteiger partial charge in [0.25, 0.3) is 0 Å². The van der Waals surface area contributed by atoms with Crippen LogP contribution in [-0.2, 0) is 4.74 Å². The van der Waals surface area contributed by atoms with Crippen molar-refractivity contribution in [3.63, 3.8) is 0 Å². The maximum Gasteiger partial charge on any atom is 0.164 e. The Labute approximate surface area is 105 Å². The van der Waals surface area contributed by atoms with E-state index >= 15 is 0 Å². The predicted molar refractivity (Wildman–Crippen MR) is 63.9 cm³/mol. The van der Waals surface area contributed by atoms with Gasteiger partial charge in [-0.2, -0.15) is 0 Å². The third-order valence-electron chi connectivity index (χ3n) is 3.05. The van der Waals surface area contributed by atoms with Crippen LogP contribution in [0.2, 0.25) is 5.02 Å². The molecule has 1 aromatic rings. The topological polar surface area (TPSA) is 26.3 Å². The fourth-order valence-corrected chi connectivity index (χ4v) is 2.31. The van der Waals surface area contributed by atoms with E-state index in [0.29, 0.717) is 17.9 Å². The summed E-state index contributed by atoms with van der Waals surface area (Å²) in [6.45, 7) is 1.43. The van der Waals surface area contributed by atoms with E-state index in [2.05, 4.69) is 0 Å². The predicted octanol–water partition coefficient (Wildman–Crippen LogP) is 3.48. The molecule has 1 saturated heterocycles. The van der Waals surface area contributed by atoms with E-state index in [1.54, 1.807) is 0 Å². The number of Topliss-reactive ketones (excluding diaryl/α,β-unsaturated/α-hetero) is 1. The molecule has 17 heavy (non-hydrogen) atoms. The highest BCUT2D eigenvalue weighted by Crippen LogP contribution is 2.24. The van der Waals surface area contributed by atoms with Crippen LogP contribution in [0.4, 0.5) is 4.39 Å². The zero-order valence-electron chi connectivity index (χ0n) is 9.42. The summed E-state index contributed by atoms with van der Waals surface area (Å²) >= 11 is 5.86. The Morgan fingerprint density at radius 3 is 2.76 bits per heavy atom. The minimum atomic E-state index is -0.419. The lowest BCUT2D eigenvalue weighted by Crippen LogP contribution is -2.18. The van der Waals surface area contributed by atoms with Crippen LogP contribution in [0.5, 0.6) is 0 Å². The highest BCUT2D eigenvalue weighted by atomic mass is 35.5. The molecule has 0 aromatic heterocycles. The van der Waals surface area contributed by atoms with Gasteiger partial charge in [-0.1, -0.05) is 11.6 Å². The molecule has 0 spiro atoms.